The molecule has 1 aliphatic heterocycles. The van der Waals surface area contributed by atoms with Crippen molar-refractivity contribution in [2.24, 2.45) is 10.9 Å². The second-order valence-electron chi connectivity index (χ2n) is 7.53. The third-order valence-corrected chi connectivity index (χ3v) is 3.86. The summed E-state index contributed by atoms with van der Waals surface area (Å²) in [5.74, 6) is 2.12. The summed E-state index contributed by atoms with van der Waals surface area (Å²) in [5.41, 5.74) is -0.499. The Morgan fingerprint density at radius 1 is 1.26 bits per heavy atom. The van der Waals surface area contributed by atoms with Gasteiger partial charge in [0.25, 0.3) is 0 Å². The van der Waals surface area contributed by atoms with Gasteiger partial charge < -0.3 is 29.8 Å². The fourth-order valence-corrected chi connectivity index (χ4v) is 2.54. The molecule has 2 heterocycles. The minimum absolute atomic E-state index is 0.420. The van der Waals surface area contributed by atoms with Crippen molar-refractivity contribution in [2.45, 2.75) is 39.2 Å². The van der Waals surface area contributed by atoms with Crippen LogP contribution in [0.3, 0.4) is 0 Å². The van der Waals surface area contributed by atoms with Gasteiger partial charge in [-0.05, 0) is 39.3 Å². The van der Waals surface area contributed by atoms with Crippen LogP contribution in [0.4, 0.5) is 4.79 Å². The smallest absolute Gasteiger partial charge is 0.407 e. The lowest BCUT2D eigenvalue weighted by atomic mass is 10.1. The fraction of sp³-hybridized carbons (Fsp3) is 0.684. The van der Waals surface area contributed by atoms with E-state index >= 15 is 0 Å². The summed E-state index contributed by atoms with van der Waals surface area (Å²) in [5, 5.41) is 9.27. The van der Waals surface area contributed by atoms with Gasteiger partial charge in [-0.15, -0.1) is 0 Å². The summed E-state index contributed by atoms with van der Waals surface area (Å²) < 4.78 is 16.0. The zero-order valence-corrected chi connectivity index (χ0v) is 16.5. The van der Waals surface area contributed by atoms with Crippen LogP contribution in [0.2, 0.25) is 0 Å². The van der Waals surface area contributed by atoms with E-state index in [1.807, 2.05) is 32.9 Å². The number of guanidine groups is 1. The van der Waals surface area contributed by atoms with Crippen molar-refractivity contribution in [1.29, 1.82) is 0 Å². The van der Waals surface area contributed by atoms with Crippen LogP contribution in [0.15, 0.2) is 27.8 Å². The molecule has 1 atom stereocenters. The largest absolute Gasteiger partial charge is 0.469 e. The molecule has 27 heavy (non-hydrogen) atoms. The van der Waals surface area contributed by atoms with Crippen molar-refractivity contribution in [3.8, 4) is 0 Å². The highest BCUT2D eigenvalue weighted by molar-refractivity contribution is 5.79. The third-order valence-electron chi connectivity index (χ3n) is 3.86. The Morgan fingerprint density at radius 3 is 2.70 bits per heavy atom. The van der Waals surface area contributed by atoms with E-state index in [2.05, 4.69) is 20.9 Å². The summed E-state index contributed by atoms with van der Waals surface area (Å²) in [6.45, 7) is 9.52. The van der Waals surface area contributed by atoms with E-state index in [9.17, 15) is 4.79 Å². The molecule has 1 amide bonds. The van der Waals surface area contributed by atoms with Crippen molar-refractivity contribution < 1.29 is 18.7 Å². The summed E-state index contributed by atoms with van der Waals surface area (Å²) >= 11 is 0. The monoisotopic (exact) mass is 380 g/mol. The highest BCUT2D eigenvalue weighted by Crippen LogP contribution is 2.12. The normalized spacial score (nSPS) is 17.6. The summed E-state index contributed by atoms with van der Waals surface area (Å²) in [7, 11) is 0. The molecule has 0 saturated carbocycles. The first-order valence-electron chi connectivity index (χ1n) is 9.51. The summed E-state index contributed by atoms with van der Waals surface area (Å²) in [4.78, 5) is 16.3. The van der Waals surface area contributed by atoms with Gasteiger partial charge in [0.1, 0.15) is 11.4 Å². The molecule has 1 unspecified atom stereocenters. The molecule has 8 nitrogen and oxygen atoms in total. The first-order chi connectivity index (χ1) is 12.9. The molecule has 2 rings (SSSR count). The van der Waals surface area contributed by atoms with Crippen LogP contribution in [0, 0.1) is 5.92 Å². The van der Waals surface area contributed by atoms with Gasteiger partial charge in [0, 0.05) is 45.1 Å². The molecule has 0 aromatic carbocycles. The zero-order chi connectivity index (χ0) is 19.5. The predicted octanol–water partition coefficient (Wildman–Crippen LogP) is 1.92. The topological polar surface area (TPSA) is 97.1 Å². The van der Waals surface area contributed by atoms with E-state index < -0.39 is 11.7 Å². The van der Waals surface area contributed by atoms with E-state index in [1.54, 1.807) is 6.26 Å². The number of ether oxygens (including phenoxy) is 2. The zero-order valence-electron chi connectivity index (χ0n) is 16.5. The van der Waals surface area contributed by atoms with Crippen molar-refractivity contribution in [3.05, 3.63) is 24.2 Å². The van der Waals surface area contributed by atoms with Gasteiger partial charge in [0.2, 0.25) is 0 Å². The molecule has 0 spiro atoms. The Bertz CT molecular complexity index is 575. The highest BCUT2D eigenvalue weighted by Gasteiger charge is 2.16. The van der Waals surface area contributed by atoms with Gasteiger partial charge in [-0.2, -0.15) is 0 Å². The molecule has 152 valence electrons. The van der Waals surface area contributed by atoms with Gasteiger partial charge in [-0.3, -0.25) is 4.99 Å². The molecule has 8 heteroatoms. The van der Waals surface area contributed by atoms with Crippen LogP contribution < -0.4 is 16.0 Å². The van der Waals surface area contributed by atoms with Crippen LogP contribution >= 0.6 is 0 Å². The lowest BCUT2D eigenvalue weighted by Gasteiger charge is -2.20. The first kappa shape index (κ1) is 21.1. The predicted molar refractivity (Wildman–Crippen MR) is 104 cm³/mol. The van der Waals surface area contributed by atoms with Gasteiger partial charge >= 0.3 is 6.09 Å². The van der Waals surface area contributed by atoms with Crippen LogP contribution in [-0.4, -0.2) is 57.0 Å². The number of aliphatic imine (C=N–C) groups is 1. The quantitative estimate of drug-likeness (QED) is 0.362. The number of furan rings is 1. The minimum Gasteiger partial charge on any atom is -0.469 e. The summed E-state index contributed by atoms with van der Waals surface area (Å²) in [6, 6.07) is 3.83. The second-order valence-corrected chi connectivity index (χ2v) is 7.53. The maximum Gasteiger partial charge on any atom is 0.407 e. The van der Waals surface area contributed by atoms with Crippen LogP contribution in [-0.2, 0) is 15.9 Å². The molecular formula is C19H32N4O4. The van der Waals surface area contributed by atoms with Crippen molar-refractivity contribution in [3.63, 3.8) is 0 Å². The van der Waals surface area contributed by atoms with Gasteiger partial charge in [-0.25, -0.2) is 4.79 Å². The van der Waals surface area contributed by atoms with Crippen LogP contribution in [0.1, 0.15) is 33.0 Å². The number of hydrogen-bond donors (Lipinski definition) is 3. The molecule has 1 saturated heterocycles. The van der Waals surface area contributed by atoms with E-state index in [0.29, 0.717) is 25.6 Å². The Hall–Kier alpha value is -2.22. The first-order valence-corrected chi connectivity index (χ1v) is 9.51. The molecule has 1 fully saturated rings. The fourth-order valence-electron chi connectivity index (χ4n) is 2.54. The molecule has 1 aromatic rings. The molecule has 0 radical (unpaired) electrons. The molecule has 3 N–H and O–H groups in total. The van der Waals surface area contributed by atoms with Crippen molar-refractivity contribution in [2.75, 3.05) is 39.4 Å². The van der Waals surface area contributed by atoms with E-state index in [1.165, 1.54) is 0 Å². The van der Waals surface area contributed by atoms with Gasteiger partial charge in [0.05, 0.1) is 12.9 Å². The molecule has 0 bridgehead atoms. The van der Waals surface area contributed by atoms with E-state index in [4.69, 9.17) is 13.9 Å². The Balaban J connectivity index is 1.72. The standard InChI is InChI=1S/C19H32N4O4/c1-19(2,3)27-18(24)22-10-9-21-17(23-13-15-7-12-25-14-15)20-8-6-16-5-4-11-26-16/h4-5,11,15H,6-10,12-14H2,1-3H3,(H,22,24)(H2,20,21,23). The number of amides is 1. The number of nitrogens with one attached hydrogen (secondary N) is 3. The van der Waals surface area contributed by atoms with Gasteiger partial charge in [0.15, 0.2) is 5.96 Å². The Labute approximate surface area is 161 Å². The molecule has 1 aromatic heterocycles. The van der Waals surface area contributed by atoms with Crippen molar-refractivity contribution >= 4 is 12.1 Å². The number of carbonyl (C=O) groups excluding carboxylic acids is 1. The van der Waals surface area contributed by atoms with Crippen molar-refractivity contribution in [1.82, 2.24) is 16.0 Å². The third kappa shape index (κ3) is 9.33. The van der Waals surface area contributed by atoms with E-state index in [-0.39, 0.29) is 0 Å². The van der Waals surface area contributed by atoms with Crippen LogP contribution in [0.5, 0.6) is 0 Å². The number of rotatable bonds is 8. The number of nitrogens with zero attached hydrogens (tertiary/aromatic N) is 1. The second kappa shape index (κ2) is 10.8. The molecular weight excluding hydrogens is 348 g/mol. The maximum absolute atomic E-state index is 11.7. The SMILES string of the molecule is CC(C)(C)OC(=O)NCCNC(=NCC1CCOC1)NCCc1ccco1. The summed E-state index contributed by atoms with van der Waals surface area (Å²) in [6.07, 6.45) is 3.07. The molecule has 1 aliphatic rings. The van der Waals surface area contributed by atoms with E-state index in [0.717, 1.165) is 44.3 Å². The highest BCUT2D eigenvalue weighted by atomic mass is 16.6. The number of alkyl carbamates (subject to hydrolysis) is 1. The lowest BCUT2D eigenvalue weighted by Crippen LogP contribution is -2.43. The van der Waals surface area contributed by atoms with Crippen LogP contribution in [0.25, 0.3) is 0 Å². The Kier molecular flexibility index (Phi) is 8.44. The average molecular weight is 380 g/mol. The number of hydrogen-bond acceptors (Lipinski definition) is 5. The number of carbonyl (C=O) groups is 1. The maximum atomic E-state index is 11.7. The van der Waals surface area contributed by atoms with Gasteiger partial charge in [-0.1, -0.05) is 0 Å². The minimum atomic E-state index is -0.499. The molecule has 0 aliphatic carbocycles. The average Bonchev–Trinajstić information content (AvgIpc) is 3.27. The lowest BCUT2D eigenvalue weighted by molar-refractivity contribution is 0.0529. The Morgan fingerprint density at radius 2 is 2.04 bits per heavy atom.